The molecule has 2 aromatic rings. The second-order valence-corrected chi connectivity index (χ2v) is 5.23. The highest BCUT2D eigenvalue weighted by atomic mass is 19.1. The first-order valence-corrected chi connectivity index (χ1v) is 7.56. The van der Waals surface area contributed by atoms with Gasteiger partial charge in [-0.2, -0.15) is 0 Å². The lowest BCUT2D eigenvalue weighted by molar-refractivity contribution is 0.239. The summed E-state index contributed by atoms with van der Waals surface area (Å²) in [5.74, 6) is -0.320. The number of hydrogen-bond donors (Lipinski definition) is 2. The van der Waals surface area contributed by atoms with Gasteiger partial charge < -0.3 is 10.6 Å². The summed E-state index contributed by atoms with van der Waals surface area (Å²) in [6, 6.07) is 15.8. The third-order valence-electron chi connectivity index (χ3n) is 3.58. The SMILES string of the molecule is O=C(NCCF)NCC(Cc1ccccc1F)c1ccccc1. The van der Waals surface area contributed by atoms with Crippen LogP contribution in [0.5, 0.6) is 0 Å². The Morgan fingerprint density at radius 3 is 2.39 bits per heavy atom. The smallest absolute Gasteiger partial charge is 0.314 e. The van der Waals surface area contributed by atoms with Crippen molar-refractivity contribution < 1.29 is 13.6 Å². The molecular weight excluding hydrogens is 298 g/mol. The van der Waals surface area contributed by atoms with Gasteiger partial charge in [0, 0.05) is 19.0 Å². The molecule has 0 aliphatic carbocycles. The number of rotatable bonds is 7. The second kappa shape index (κ2) is 8.88. The summed E-state index contributed by atoms with van der Waals surface area (Å²) in [6.07, 6.45) is 0.472. The molecule has 1 atom stereocenters. The molecule has 0 bridgehead atoms. The molecule has 23 heavy (non-hydrogen) atoms. The van der Waals surface area contributed by atoms with Crippen molar-refractivity contribution >= 4 is 6.03 Å². The van der Waals surface area contributed by atoms with Gasteiger partial charge in [0.25, 0.3) is 0 Å². The summed E-state index contributed by atoms with van der Waals surface area (Å²) in [4.78, 5) is 11.6. The molecular formula is C18H20F2N2O. The summed E-state index contributed by atoms with van der Waals surface area (Å²) in [5, 5.41) is 5.13. The Morgan fingerprint density at radius 1 is 1.00 bits per heavy atom. The van der Waals surface area contributed by atoms with Crippen molar-refractivity contribution in [1.29, 1.82) is 0 Å². The largest absolute Gasteiger partial charge is 0.338 e. The van der Waals surface area contributed by atoms with Crippen molar-refractivity contribution in [2.24, 2.45) is 0 Å². The number of halogens is 2. The Bertz CT molecular complexity index is 619. The zero-order valence-corrected chi connectivity index (χ0v) is 12.8. The van der Waals surface area contributed by atoms with E-state index < -0.39 is 12.7 Å². The first-order valence-electron chi connectivity index (χ1n) is 7.56. The van der Waals surface area contributed by atoms with Gasteiger partial charge in [0.1, 0.15) is 12.5 Å². The molecule has 2 rings (SSSR count). The van der Waals surface area contributed by atoms with E-state index in [2.05, 4.69) is 10.6 Å². The minimum Gasteiger partial charge on any atom is -0.338 e. The van der Waals surface area contributed by atoms with E-state index in [1.165, 1.54) is 6.07 Å². The third kappa shape index (κ3) is 5.36. The molecule has 0 aromatic heterocycles. The van der Waals surface area contributed by atoms with Gasteiger partial charge in [-0.3, -0.25) is 0 Å². The molecule has 0 fully saturated rings. The average Bonchev–Trinajstić information content (AvgIpc) is 2.59. The number of carbonyl (C=O) groups is 1. The van der Waals surface area contributed by atoms with E-state index in [-0.39, 0.29) is 18.3 Å². The summed E-state index contributed by atoms with van der Waals surface area (Å²) < 4.78 is 26.0. The highest BCUT2D eigenvalue weighted by molar-refractivity contribution is 5.73. The van der Waals surface area contributed by atoms with Gasteiger partial charge in [0.05, 0.1) is 0 Å². The van der Waals surface area contributed by atoms with Crippen LogP contribution in [0.25, 0.3) is 0 Å². The minimum absolute atomic E-state index is 0.0187. The maximum atomic E-state index is 13.9. The molecule has 2 aromatic carbocycles. The Morgan fingerprint density at radius 2 is 1.70 bits per heavy atom. The monoisotopic (exact) mass is 318 g/mol. The molecule has 122 valence electrons. The van der Waals surface area contributed by atoms with Crippen LogP contribution in [0.2, 0.25) is 0 Å². The van der Waals surface area contributed by atoms with Crippen LogP contribution in [-0.2, 0) is 6.42 Å². The van der Waals surface area contributed by atoms with Crippen LogP contribution in [0, 0.1) is 5.82 Å². The maximum absolute atomic E-state index is 13.9. The molecule has 2 N–H and O–H groups in total. The molecule has 0 saturated heterocycles. The quantitative estimate of drug-likeness (QED) is 0.807. The Balaban J connectivity index is 2.07. The third-order valence-corrected chi connectivity index (χ3v) is 3.58. The molecule has 0 aliphatic heterocycles. The van der Waals surface area contributed by atoms with E-state index in [1.54, 1.807) is 18.2 Å². The van der Waals surface area contributed by atoms with E-state index in [0.717, 1.165) is 5.56 Å². The highest BCUT2D eigenvalue weighted by Gasteiger charge is 2.15. The molecule has 0 spiro atoms. The van der Waals surface area contributed by atoms with Gasteiger partial charge in [-0.1, -0.05) is 48.5 Å². The Labute approximate surface area is 134 Å². The van der Waals surface area contributed by atoms with Gasteiger partial charge in [-0.15, -0.1) is 0 Å². The molecule has 0 heterocycles. The maximum Gasteiger partial charge on any atom is 0.314 e. The lowest BCUT2D eigenvalue weighted by Gasteiger charge is -2.19. The molecule has 1 unspecified atom stereocenters. The van der Waals surface area contributed by atoms with E-state index in [1.807, 2.05) is 30.3 Å². The lowest BCUT2D eigenvalue weighted by Crippen LogP contribution is -2.39. The topological polar surface area (TPSA) is 41.1 Å². The predicted molar refractivity (Wildman–Crippen MR) is 86.7 cm³/mol. The van der Waals surface area contributed by atoms with Crippen molar-refractivity contribution in [3.8, 4) is 0 Å². The van der Waals surface area contributed by atoms with Crippen LogP contribution >= 0.6 is 0 Å². The predicted octanol–water partition coefficient (Wildman–Crippen LogP) is 3.42. The molecule has 5 heteroatoms. The average molecular weight is 318 g/mol. The molecule has 2 amide bonds. The Kier molecular flexibility index (Phi) is 6.54. The fourth-order valence-electron chi connectivity index (χ4n) is 2.40. The van der Waals surface area contributed by atoms with Gasteiger partial charge in [0.2, 0.25) is 0 Å². The van der Waals surface area contributed by atoms with Crippen LogP contribution in [0.3, 0.4) is 0 Å². The van der Waals surface area contributed by atoms with E-state index >= 15 is 0 Å². The zero-order chi connectivity index (χ0) is 16.5. The van der Waals surface area contributed by atoms with Crippen molar-refractivity contribution in [2.75, 3.05) is 19.8 Å². The van der Waals surface area contributed by atoms with Crippen molar-refractivity contribution in [3.63, 3.8) is 0 Å². The van der Waals surface area contributed by atoms with Gasteiger partial charge in [-0.25, -0.2) is 13.6 Å². The fourth-order valence-corrected chi connectivity index (χ4v) is 2.40. The second-order valence-electron chi connectivity index (χ2n) is 5.23. The van der Waals surface area contributed by atoms with Crippen LogP contribution in [0.4, 0.5) is 13.6 Å². The first kappa shape index (κ1) is 16.9. The van der Waals surface area contributed by atoms with Gasteiger partial charge >= 0.3 is 6.03 Å². The van der Waals surface area contributed by atoms with Crippen molar-refractivity contribution in [2.45, 2.75) is 12.3 Å². The minimum atomic E-state index is -0.606. The molecule has 0 aliphatic rings. The molecule has 0 radical (unpaired) electrons. The van der Waals surface area contributed by atoms with Gasteiger partial charge in [0.15, 0.2) is 0 Å². The number of nitrogens with one attached hydrogen (secondary N) is 2. The zero-order valence-electron chi connectivity index (χ0n) is 12.8. The first-order chi connectivity index (χ1) is 11.2. The van der Waals surface area contributed by atoms with Crippen LogP contribution in [0.15, 0.2) is 54.6 Å². The Hall–Kier alpha value is -2.43. The van der Waals surface area contributed by atoms with Gasteiger partial charge in [-0.05, 0) is 23.6 Å². The van der Waals surface area contributed by atoms with Crippen LogP contribution in [0.1, 0.15) is 17.0 Å². The van der Waals surface area contributed by atoms with Crippen molar-refractivity contribution in [1.82, 2.24) is 10.6 Å². The van der Waals surface area contributed by atoms with Crippen molar-refractivity contribution in [3.05, 3.63) is 71.5 Å². The number of amides is 2. The summed E-state index contributed by atoms with van der Waals surface area (Å²) in [5.41, 5.74) is 1.62. The van der Waals surface area contributed by atoms with E-state index in [0.29, 0.717) is 18.5 Å². The van der Waals surface area contributed by atoms with E-state index in [4.69, 9.17) is 0 Å². The van der Waals surface area contributed by atoms with Crippen LogP contribution in [-0.4, -0.2) is 25.8 Å². The van der Waals surface area contributed by atoms with Crippen LogP contribution < -0.4 is 10.6 Å². The number of hydrogen-bond acceptors (Lipinski definition) is 1. The molecule has 0 saturated carbocycles. The number of carbonyl (C=O) groups excluding carboxylic acids is 1. The van der Waals surface area contributed by atoms with E-state index in [9.17, 15) is 13.6 Å². The number of urea groups is 1. The summed E-state index contributed by atoms with van der Waals surface area (Å²) >= 11 is 0. The standard InChI is InChI=1S/C18H20F2N2O/c19-10-11-21-18(23)22-13-16(14-6-2-1-3-7-14)12-15-8-4-5-9-17(15)20/h1-9,16H,10-13H2,(H2,21,22,23). The number of alkyl halides is 1. The summed E-state index contributed by atoms with van der Waals surface area (Å²) in [7, 11) is 0. The fraction of sp³-hybridized carbons (Fsp3) is 0.278. The normalized spacial score (nSPS) is 11.7. The lowest BCUT2D eigenvalue weighted by atomic mass is 9.91. The number of benzene rings is 2. The highest BCUT2D eigenvalue weighted by Crippen LogP contribution is 2.21. The molecule has 3 nitrogen and oxygen atoms in total. The summed E-state index contributed by atoms with van der Waals surface area (Å²) in [6.45, 7) is -0.281.